The number of aryl methyl sites for hydroxylation is 3. The highest BCUT2D eigenvalue weighted by atomic mass is 35.5. The molecule has 0 bridgehead atoms. The number of fused-ring (bicyclic) bond motifs is 1. The van der Waals surface area contributed by atoms with Crippen molar-refractivity contribution < 1.29 is 9.53 Å². The predicted octanol–water partition coefficient (Wildman–Crippen LogP) is 6.51. The molecule has 4 nitrogen and oxygen atoms in total. The third kappa shape index (κ3) is 3.96. The molecule has 4 aromatic rings. The molecular weight excluding hydrogens is 408 g/mol. The van der Waals surface area contributed by atoms with Crippen LogP contribution in [0.1, 0.15) is 39.5 Å². The number of carbonyl (C=O) groups excluding carboxylic acids is 1. The second-order valence-electron chi connectivity index (χ2n) is 7.79. The Morgan fingerprint density at radius 3 is 2.48 bits per heavy atom. The Bertz CT molecular complexity index is 1250. The molecule has 0 spiro atoms. The number of pyridine rings is 1. The van der Waals surface area contributed by atoms with Crippen molar-refractivity contribution in [2.45, 2.75) is 34.2 Å². The summed E-state index contributed by atoms with van der Waals surface area (Å²) < 4.78 is 7.54. The highest BCUT2D eigenvalue weighted by Gasteiger charge is 2.19. The SMILES string of the molecule is CCOC(=O)c1c(C)cc(Cn2c(-c3cccnc3)c(C)c3cc(Cl)ccc32)cc1C. The average molecular weight is 433 g/mol. The van der Waals surface area contributed by atoms with Crippen molar-refractivity contribution >= 4 is 28.5 Å². The molecule has 0 aliphatic rings. The first kappa shape index (κ1) is 21.1. The van der Waals surface area contributed by atoms with Gasteiger partial charge in [-0.3, -0.25) is 4.98 Å². The molecule has 4 rings (SSSR count). The van der Waals surface area contributed by atoms with Crippen molar-refractivity contribution in [3.8, 4) is 11.3 Å². The third-order valence-corrected chi connectivity index (χ3v) is 5.86. The van der Waals surface area contributed by atoms with E-state index in [4.69, 9.17) is 16.3 Å². The summed E-state index contributed by atoms with van der Waals surface area (Å²) in [7, 11) is 0. The van der Waals surface area contributed by atoms with Gasteiger partial charge in [0, 0.05) is 40.4 Å². The summed E-state index contributed by atoms with van der Waals surface area (Å²) >= 11 is 6.31. The first-order chi connectivity index (χ1) is 14.9. The molecule has 0 unspecified atom stereocenters. The van der Waals surface area contributed by atoms with Crippen LogP contribution in [0.25, 0.3) is 22.2 Å². The first-order valence-electron chi connectivity index (χ1n) is 10.4. The van der Waals surface area contributed by atoms with Gasteiger partial charge in [-0.25, -0.2) is 4.79 Å². The van der Waals surface area contributed by atoms with Crippen molar-refractivity contribution in [1.29, 1.82) is 0 Å². The van der Waals surface area contributed by atoms with Gasteiger partial charge >= 0.3 is 5.97 Å². The van der Waals surface area contributed by atoms with Crippen LogP contribution in [0.4, 0.5) is 0 Å². The van der Waals surface area contributed by atoms with Crippen LogP contribution < -0.4 is 0 Å². The molecule has 0 saturated carbocycles. The van der Waals surface area contributed by atoms with Gasteiger partial charge in [-0.2, -0.15) is 0 Å². The number of ether oxygens (including phenoxy) is 1. The van der Waals surface area contributed by atoms with Gasteiger partial charge < -0.3 is 9.30 Å². The minimum atomic E-state index is -0.267. The summed E-state index contributed by atoms with van der Waals surface area (Å²) in [5.41, 5.74) is 8.09. The van der Waals surface area contributed by atoms with Crippen LogP contribution in [0.5, 0.6) is 0 Å². The maximum Gasteiger partial charge on any atom is 0.338 e. The maximum atomic E-state index is 12.4. The second-order valence-corrected chi connectivity index (χ2v) is 8.22. The Morgan fingerprint density at radius 1 is 1.10 bits per heavy atom. The number of nitrogens with zero attached hydrogens (tertiary/aromatic N) is 2. The van der Waals surface area contributed by atoms with Crippen LogP contribution in [-0.2, 0) is 11.3 Å². The van der Waals surface area contributed by atoms with E-state index in [0.717, 1.165) is 43.9 Å². The highest BCUT2D eigenvalue weighted by molar-refractivity contribution is 6.31. The number of rotatable bonds is 5. The predicted molar refractivity (Wildman–Crippen MR) is 126 cm³/mol. The van der Waals surface area contributed by atoms with Gasteiger partial charge in [0.2, 0.25) is 0 Å². The number of esters is 1. The first-order valence-corrected chi connectivity index (χ1v) is 10.7. The zero-order chi connectivity index (χ0) is 22.1. The molecular formula is C26H25ClN2O2. The summed E-state index contributed by atoms with van der Waals surface area (Å²) in [5.74, 6) is -0.267. The van der Waals surface area contributed by atoms with Gasteiger partial charge in [-0.05, 0) is 80.3 Å². The molecule has 5 heteroatoms. The highest BCUT2D eigenvalue weighted by Crippen LogP contribution is 2.35. The lowest BCUT2D eigenvalue weighted by Crippen LogP contribution is -2.10. The molecule has 0 N–H and O–H groups in total. The largest absolute Gasteiger partial charge is 0.462 e. The standard InChI is InChI=1S/C26H25ClN2O2/c1-5-31-26(30)24-16(2)11-19(12-17(24)3)15-29-23-9-8-21(27)13-22(23)18(4)25(29)20-7-6-10-28-14-20/h6-14H,5,15H2,1-4H3. The summed E-state index contributed by atoms with van der Waals surface area (Å²) in [4.78, 5) is 16.7. The summed E-state index contributed by atoms with van der Waals surface area (Å²) in [6.07, 6.45) is 3.67. The fourth-order valence-corrected chi connectivity index (χ4v) is 4.56. The van der Waals surface area contributed by atoms with E-state index in [-0.39, 0.29) is 5.97 Å². The topological polar surface area (TPSA) is 44.1 Å². The Hall–Kier alpha value is -3.11. The minimum Gasteiger partial charge on any atom is -0.462 e. The molecule has 2 heterocycles. The van der Waals surface area contributed by atoms with Gasteiger partial charge in [0.25, 0.3) is 0 Å². The Labute approximate surface area is 187 Å². The van der Waals surface area contributed by atoms with Crippen LogP contribution >= 0.6 is 11.6 Å². The van der Waals surface area contributed by atoms with E-state index in [1.54, 1.807) is 6.20 Å². The Morgan fingerprint density at radius 2 is 1.84 bits per heavy atom. The number of hydrogen-bond donors (Lipinski definition) is 0. The van der Waals surface area contributed by atoms with E-state index in [1.165, 1.54) is 5.56 Å². The number of halogens is 1. The van der Waals surface area contributed by atoms with Gasteiger partial charge in [0.1, 0.15) is 0 Å². The number of carbonyl (C=O) groups is 1. The molecule has 31 heavy (non-hydrogen) atoms. The summed E-state index contributed by atoms with van der Waals surface area (Å²) in [5, 5.41) is 1.85. The van der Waals surface area contributed by atoms with Gasteiger partial charge in [-0.1, -0.05) is 23.7 Å². The Balaban J connectivity index is 1.86. The lowest BCUT2D eigenvalue weighted by molar-refractivity contribution is 0.0524. The molecule has 0 saturated heterocycles. The van der Waals surface area contributed by atoms with Crippen LogP contribution in [-0.4, -0.2) is 22.1 Å². The van der Waals surface area contributed by atoms with E-state index in [0.29, 0.717) is 18.7 Å². The van der Waals surface area contributed by atoms with Gasteiger partial charge in [0.15, 0.2) is 0 Å². The molecule has 2 aromatic carbocycles. The van der Waals surface area contributed by atoms with Crippen LogP contribution in [0, 0.1) is 20.8 Å². The molecule has 0 amide bonds. The smallest absolute Gasteiger partial charge is 0.338 e. The lowest BCUT2D eigenvalue weighted by Gasteiger charge is -2.15. The van der Waals surface area contributed by atoms with E-state index in [1.807, 2.05) is 45.2 Å². The molecule has 0 aliphatic heterocycles. The van der Waals surface area contributed by atoms with Gasteiger partial charge in [0.05, 0.1) is 17.9 Å². The van der Waals surface area contributed by atoms with Crippen molar-refractivity contribution in [2.24, 2.45) is 0 Å². The molecule has 0 radical (unpaired) electrons. The number of hydrogen-bond acceptors (Lipinski definition) is 3. The zero-order valence-corrected chi connectivity index (χ0v) is 19.0. The minimum absolute atomic E-state index is 0.267. The average Bonchev–Trinajstić information content (AvgIpc) is 2.99. The summed E-state index contributed by atoms with van der Waals surface area (Å²) in [6, 6.07) is 14.2. The quantitative estimate of drug-likeness (QED) is 0.338. The van der Waals surface area contributed by atoms with Crippen molar-refractivity contribution in [1.82, 2.24) is 9.55 Å². The third-order valence-electron chi connectivity index (χ3n) is 5.63. The summed E-state index contributed by atoms with van der Waals surface area (Å²) in [6.45, 7) is 8.90. The van der Waals surface area contributed by atoms with E-state index in [2.05, 4.69) is 40.7 Å². The molecule has 0 fully saturated rings. The van der Waals surface area contributed by atoms with Crippen LogP contribution in [0.2, 0.25) is 5.02 Å². The van der Waals surface area contributed by atoms with Crippen molar-refractivity contribution in [2.75, 3.05) is 6.61 Å². The van der Waals surface area contributed by atoms with Crippen molar-refractivity contribution in [3.05, 3.63) is 87.7 Å². The lowest BCUT2D eigenvalue weighted by atomic mass is 9.99. The van der Waals surface area contributed by atoms with Crippen molar-refractivity contribution in [3.63, 3.8) is 0 Å². The van der Waals surface area contributed by atoms with E-state index < -0.39 is 0 Å². The molecule has 0 atom stereocenters. The molecule has 0 aliphatic carbocycles. The molecule has 2 aromatic heterocycles. The Kier molecular flexibility index (Phi) is 5.84. The second kappa shape index (κ2) is 8.56. The monoisotopic (exact) mass is 432 g/mol. The van der Waals surface area contributed by atoms with Crippen LogP contribution in [0.15, 0.2) is 54.9 Å². The normalized spacial score (nSPS) is 11.1. The van der Waals surface area contributed by atoms with E-state index in [9.17, 15) is 4.79 Å². The fraction of sp³-hybridized carbons (Fsp3) is 0.231. The van der Waals surface area contributed by atoms with Crippen LogP contribution in [0.3, 0.4) is 0 Å². The molecule has 158 valence electrons. The van der Waals surface area contributed by atoms with E-state index >= 15 is 0 Å². The zero-order valence-electron chi connectivity index (χ0n) is 18.2. The number of benzene rings is 2. The van der Waals surface area contributed by atoms with Gasteiger partial charge in [-0.15, -0.1) is 0 Å². The fourth-order valence-electron chi connectivity index (χ4n) is 4.39. The number of aromatic nitrogens is 2. The maximum absolute atomic E-state index is 12.4.